The van der Waals surface area contributed by atoms with Crippen LogP contribution in [0.5, 0.6) is 17.2 Å². The number of aliphatic hydroxyl groups is 1. The summed E-state index contributed by atoms with van der Waals surface area (Å²) in [6.45, 7) is 1.71. The van der Waals surface area contributed by atoms with Crippen molar-refractivity contribution in [1.82, 2.24) is 0 Å². The molecular weight excluding hydrogens is 264 g/mol. The van der Waals surface area contributed by atoms with E-state index in [1.807, 2.05) is 0 Å². The number of ketones is 2. The zero-order chi connectivity index (χ0) is 14.6. The number of aromatic hydroxyl groups is 2. The van der Waals surface area contributed by atoms with Crippen molar-refractivity contribution < 1.29 is 29.6 Å². The van der Waals surface area contributed by atoms with E-state index in [1.165, 1.54) is 6.08 Å². The van der Waals surface area contributed by atoms with Gasteiger partial charge in [0.15, 0.2) is 11.5 Å². The molecule has 1 aromatic carbocycles. The van der Waals surface area contributed by atoms with Crippen LogP contribution in [0, 0.1) is 0 Å². The summed E-state index contributed by atoms with van der Waals surface area (Å²) in [7, 11) is 0. The van der Waals surface area contributed by atoms with Crippen LogP contribution in [0.2, 0.25) is 0 Å². The number of ether oxygens (including phenoxy) is 1. The van der Waals surface area contributed by atoms with E-state index in [0.717, 1.165) is 0 Å². The normalized spacial score (nSPS) is 20.1. The van der Waals surface area contributed by atoms with Gasteiger partial charge in [0.1, 0.15) is 17.6 Å². The Hall–Kier alpha value is -2.76. The molecule has 1 aliphatic heterocycles. The topological polar surface area (TPSA) is 104 Å². The third-order valence-corrected chi connectivity index (χ3v) is 3.25. The number of fused-ring (bicyclic) bond motifs is 2. The molecule has 1 aromatic rings. The minimum atomic E-state index is -1.00. The molecule has 0 radical (unpaired) electrons. The second-order valence-corrected chi connectivity index (χ2v) is 4.60. The summed E-state index contributed by atoms with van der Waals surface area (Å²) < 4.78 is 5.37. The highest BCUT2D eigenvalue weighted by molar-refractivity contribution is 6.51. The average Bonchev–Trinajstić information content (AvgIpc) is 2.40. The van der Waals surface area contributed by atoms with Crippen LogP contribution in [0.1, 0.15) is 28.4 Å². The van der Waals surface area contributed by atoms with Gasteiger partial charge < -0.3 is 20.1 Å². The molecule has 3 N–H and O–H groups in total. The van der Waals surface area contributed by atoms with E-state index in [-0.39, 0.29) is 23.0 Å². The van der Waals surface area contributed by atoms with E-state index in [9.17, 15) is 24.9 Å². The van der Waals surface area contributed by atoms with Crippen LogP contribution < -0.4 is 4.74 Å². The van der Waals surface area contributed by atoms with Gasteiger partial charge in [-0.15, -0.1) is 0 Å². The maximum absolute atomic E-state index is 11.9. The zero-order valence-corrected chi connectivity index (χ0v) is 10.4. The summed E-state index contributed by atoms with van der Waals surface area (Å²) >= 11 is 0. The first-order chi connectivity index (χ1) is 9.41. The van der Waals surface area contributed by atoms with E-state index in [4.69, 9.17) is 4.74 Å². The van der Waals surface area contributed by atoms with Gasteiger partial charge in [-0.3, -0.25) is 9.59 Å². The van der Waals surface area contributed by atoms with Gasteiger partial charge >= 0.3 is 0 Å². The summed E-state index contributed by atoms with van der Waals surface area (Å²) in [4.78, 5) is 23.3. The number of Topliss-reactive ketones (excluding diaryl/α,β-unsaturated/α-hetero) is 1. The van der Waals surface area contributed by atoms with Crippen LogP contribution in [0.4, 0.5) is 0 Å². The van der Waals surface area contributed by atoms with Gasteiger partial charge in [0, 0.05) is 6.08 Å². The lowest BCUT2D eigenvalue weighted by Gasteiger charge is -2.24. The van der Waals surface area contributed by atoms with Crippen molar-refractivity contribution in [3.8, 4) is 17.2 Å². The molecule has 3 rings (SSSR count). The molecule has 0 amide bonds. The SMILES string of the molecule is CC1C=Cc2c(O)c3c(c(O)c2O1)C(=O)C(=O)C=C3O. The molecule has 1 atom stereocenters. The minimum Gasteiger partial charge on any atom is -0.507 e. The number of allylic oxidation sites excluding steroid dienone is 1. The Morgan fingerprint density at radius 1 is 1.10 bits per heavy atom. The van der Waals surface area contributed by atoms with E-state index >= 15 is 0 Å². The fraction of sp³-hybridized carbons (Fsp3) is 0.143. The maximum Gasteiger partial charge on any atom is 0.237 e. The van der Waals surface area contributed by atoms with Gasteiger partial charge in [-0.25, -0.2) is 0 Å². The molecule has 20 heavy (non-hydrogen) atoms. The van der Waals surface area contributed by atoms with Gasteiger partial charge in [-0.1, -0.05) is 0 Å². The Kier molecular flexibility index (Phi) is 2.37. The Balaban J connectivity index is 2.41. The monoisotopic (exact) mass is 274 g/mol. The third-order valence-electron chi connectivity index (χ3n) is 3.25. The smallest absolute Gasteiger partial charge is 0.237 e. The number of hydrogen-bond acceptors (Lipinski definition) is 6. The van der Waals surface area contributed by atoms with Crippen LogP contribution in [0.25, 0.3) is 11.8 Å². The highest BCUT2D eigenvalue weighted by atomic mass is 16.5. The van der Waals surface area contributed by atoms with E-state index in [0.29, 0.717) is 6.08 Å². The summed E-state index contributed by atoms with van der Waals surface area (Å²) in [5, 5.41) is 30.1. The highest BCUT2D eigenvalue weighted by Gasteiger charge is 2.36. The Morgan fingerprint density at radius 3 is 2.50 bits per heavy atom. The van der Waals surface area contributed by atoms with Crippen LogP contribution in [-0.4, -0.2) is 33.0 Å². The van der Waals surface area contributed by atoms with E-state index < -0.39 is 34.4 Å². The van der Waals surface area contributed by atoms with Crippen molar-refractivity contribution in [2.45, 2.75) is 13.0 Å². The molecule has 1 unspecified atom stereocenters. The molecule has 0 saturated carbocycles. The quantitative estimate of drug-likeness (QED) is 0.490. The summed E-state index contributed by atoms with van der Waals surface area (Å²) in [5.41, 5.74) is -0.538. The summed E-state index contributed by atoms with van der Waals surface area (Å²) in [6, 6.07) is 0. The van der Waals surface area contributed by atoms with Crippen molar-refractivity contribution in [2.75, 3.05) is 0 Å². The first-order valence-corrected chi connectivity index (χ1v) is 5.88. The standard InChI is InChI=1S/C14H10O6/c1-5-2-3-6-11(17)9-7(15)4-8(16)12(18)10(9)13(19)14(6)20-5/h2-5,15,17,19H,1H3. The average molecular weight is 274 g/mol. The lowest BCUT2D eigenvalue weighted by Crippen LogP contribution is -2.21. The van der Waals surface area contributed by atoms with Crippen LogP contribution in [-0.2, 0) is 4.79 Å². The van der Waals surface area contributed by atoms with E-state index in [1.54, 1.807) is 13.0 Å². The lowest BCUT2D eigenvalue weighted by molar-refractivity contribution is -0.111. The number of hydrogen-bond donors (Lipinski definition) is 3. The highest BCUT2D eigenvalue weighted by Crippen LogP contribution is 2.48. The second-order valence-electron chi connectivity index (χ2n) is 4.60. The molecule has 0 saturated heterocycles. The molecule has 0 bridgehead atoms. The van der Waals surface area contributed by atoms with Gasteiger partial charge in [0.05, 0.1) is 16.7 Å². The predicted molar refractivity (Wildman–Crippen MR) is 68.8 cm³/mol. The Labute approximate surface area is 113 Å². The molecule has 0 spiro atoms. The fourth-order valence-electron chi connectivity index (χ4n) is 2.31. The molecule has 0 aromatic heterocycles. The third kappa shape index (κ3) is 1.45. The van der Waals surface area contributed by atoms with Crippen molar-refractivity contribution in [2.24, 2.45) is 0 Å². The molecule has 1 heterocycles. The summed E-state index contributed by atoms with van der Waals surface area (Å²) in [5.74, 6) is -3.57. The van der Waals surface area contributed by atoms with Gasteiger partial charge in [0.25, 0.3) is 0 Å². The number of aliphatic hydroxyl groups excluding tert-OH is 1. The van der Waals surface area contributed by atoms with E-state index in [2.05, 4.69) is 0 Å². The van der Waals surface area contributed by atoms with Crippen LogP contribution in [0.3, 0.4) is 0 Å². The maximum atomic E-state index is 11.9. The Bertz CT molecular complexity index is 726. The number of phenols is 2. The van der Waals surface area contributed by atoms with Crippen LogP contribution in [0.15, 0.2) is 12.2 Å². The van der Waals surface area contributed by atoms with Crippen molar-refractivity contribution in [3.05, 3.63) is 28.8 Å². The predicted octanol–water partition coefficient (Wildman–Crippen LogP) is 1.56. The van der Waals surface area contributed by atoms with Crippen molar-refractivity contribution in [3.63, 3.8) is 0 Å². The molecule has 102 valence electrons. The lowest BCUT2D eigenvalue weighted by atomic mass is 9.89. The van der Waals surface area contributed by atoms with Crippen molar-refractivity contribution >= 4 is 23.4 Å². The first kappa shape index (κ1) is 12.3. The number of benzene rings is 1. The number of carbonyl (C=O) groups is 2. The molecule has 2 aliphatic rings. The Morgan fingerprint density at radius 2 is 1.80 bits per heavy atom. The number of rotatable bonds is 0. The zero-order valence-electron chi connectivity index (χ0n) is 10.4. The van der Waals surface area contributed by atoms with Gasteiger partial charge in [0.2, 0.25) is 11.6 Å². The van der Waals surface area contributed by atoms with Gasteiger partial charge in [-0.2, -0.15) is 0 Å². The molecular formula is C14H10O6. The first-order valence-electron chi connectivity index (χ1n) is 5.88. The van der Waals surface area contributed by atoms with Crippen LogP contribution >= 0.6 is 0 Å². The molecule has 6 nitrogen and oxygen atoms in total. The molecule has 6 heteroatoms. The van der Waals surface area contributed by atoms with Gasteiger partial charge in [-0.05, 0) is 19.1 Å². The number of phenolic OH excluding ortho intramolecular Hbond substituents is 2. The largest absolute Gasteiger partial charge is 0.507 e. The van der Waals surface area contributed by atoms with Crippen molar-refractivity contribution in [1.29, 1.82) is 0 Å². The minimum absolute atomic E-state index is 0.0768. The molecule has 1 aliphatic carbocycles. The second kappa shape index (κ2) is 3.86. The molecule has 0 fully saturated rings. The number of carbonyl (C=O) groups excluding carboxylic acids is 2. The fourth-order valence-corrected chi connectivity index (χ4v) is 2.31. The summed E-state index contributed by atoms with van der Waals surface area (Å²) in [6.07, 6.45) is 3.52.